The van der Waals surface area contributed by atoms with E-state index in [1.165, 1.54) is 32.1 Å². The van der Waals surface area contributed by atoms with E-state index >= 15 is 0 Å². The Morgan fingerprint density at radius 1 is 1.21 bits per heavy atom. The maximum atomic E-state index is 12.0. The number of ketones is 1. The number of nitrogens with zero attached hydrogens (tertiary/aromatic N) is 1. The molecule has 3 heteroatoms. The molecule has 19 heavy (non-hydrogen) atoms. The van der Waals surface area contributed by atoms with Crippen LogP contribution in [-0.2, 0) is 4.79 Å². The molecule has 2 rings (SSSR count). The number of hydrogen-bond donors (Lipinski definition) is 1. The van der Waals surface area contributed by atoms with Crippen molar-refractivity contribution < 1.29 is 9.90 Å². The molecule has 2 aliphatic rings. The van der Waals surface area contributed by atoms with Gasteiger partial charge in [-0.25, -0.2) is 0 Å². The maximum absolute atomic E-state index is 12.0. The first-order valence-corrected chi connectivity index (χ1v) is 8.11. The third-order valence-corrected chi connectivity index (χ3v) is 4.75. The largest absolute Gasteiger partial charge is 0.393 e. The molecule has 1 heterocycles. The second-order valence-electron chi connectivity index (χ2n) is 6.49. The zero-order valence-corrected chi connectivity index (χ0v) is 12.3. The summed E-state index contributed by atoms with van der Waals surface area (Å²) in [5.41, 5.74) is 0. The minimum Gasteiger partial charge on any atom is -0.393 e. The zero-order valence-electron chi connectivity index (χ0n) is 12.3. The van der Waals surface area contributed by atoms with E-state index in [1.807, 2.05) is 6.92 Å². The number of aliphatic hydroxyl groups excluding tert-OH is 1. The van der Waals surface area contributed by atoms with Gasteiger partial charge in [0.2, 0.25) is 0 Å². The summed E-state index contributed by atoms with van der Waals surface area (Å²) in [6, 6.07) is 0.484. The van der Waals surface area contributed by atoms with Crippen molar-refractivity contribution in [1.82, 2.24) is 4.90 Å². The van der Waals surface area contributed by atoms with Gasteiger partial charge in [0.25, 0.3) is 0 Å². The summed E-state index contributed by atoms with van der Waals surface area (Å²) in [6.45, 7) is 3.94. The van der Waals surface area contributed by atoms with Crippen molar-refractivity contribution in [3.05, 3.63) is 0 Å². The SMILES string of the molecule is CC(O)CC1CCCCCN1CC1CCCCC1=O. The van der Waals surface area contributed by atoms with Crippen LogP contribution in [0, 0.1) is 5.92 Å². The predicted molar refractivity (Wildman–Crippen MR) is 77.1 cm³/mol. The van der Waals surface area contributed by atoms with Gasteiger partial charge in [0.15, 0.2) is 0 Å². The van der Waals surface area contributed by atoms with Crippen LogP contribution in [0.25, 0.3) is 0 Å². The smallest absolute Gasteiger partial charge is 0.137 e. The molecule has 0 spiro atoms. The van der Waals surface area contributed by atoms with E-state index in [-0.39, 0.29) is 12.0 Å². The van der Waals surface area contributed by atoms with Crippen LogP contribution < -0.4 is 0 Å². The molecule has 3 nitrogen and oxygen atoms in total. The molecule has 1 saturated carbocycles. The fraction of sp³-hybridized carbons (Fsp3) is 0.938. The Hall–Kier alpha value is -0.410. The van der Waals surface area contributed by atoms with Crippen molar-refractivity contribution in [3.8, 4) is 0 Å². The Morgan fingerprint density at radius 2 is 2.00 bits per heavy atom. The Bertz CT molecular complexity index is 290. The molecular formula is C16H29NO2. The summed E-state index contributed by atoms with van der Waals surface area (Å²) in [7, 11) is 0. The van der Waals surface area contributed by atoms with Crippen LogP contribution in [0.2, 0.25) is 0 Å². The Morgan fingerprint density at radius 3 is 2.74 bits per heavy atom. The number of Topliss-reactive ketones (excluding diaryl/α,β-unsaturated/α-hetero) is 1. The van der Waals surface area contributed by atoms with Crippen molar-refractivity contribution in [1.29, 1.82) is 0 Å². The lowest BCUT2D eigenvalue weighted by atomic mass is 9.87. The summed E-state index contributed by atoms with van der Waals surface area (Å²) in [5, 5.41) is 9.68. The Kier molecular flexibility index (Phi) is 5.83. The molecule has 3 unspecified atom stereocenters. The topological polar surface area (TPSA) is 40.5 Å². The van der Waals surface area contributed by atoms with Crippen LogP contribution in [0.1, 0.15) is 64.7 Å². The lowest BCUT2D eigenvalue weighted by molar-refractivity contribution is -0.125. The van der Waals surface area contributed by atoms with Crippen molar-refractivity contribution in [2.24, 2.45) is 5.92 Å². The van der Waals surface area contributed by atoms with Crippen LogP contribution in [-0.4, -0.2) is 41.0 Å². The summed E-state index contributed by atoms with van der Waals surface area (Å²) in [6.07, 6.45) is 9.81. The lowest BCUT2D eigenvalue weighted by Crippen LogP contribution is -2.42. The summed E-state index contributed by atoms with van der Waals surface area (Å²) >= 11 is 0. The predicted octanol–water partition coefficient (Wildman–Crippen LogP) is 2.76. The normalized spacial score (nSPS) is 32.0. The van der Waals surface area contributed by atoms with Gasteiger partial charge < -0.3 is 5.11 Å². The highest BCUT2D eigenvalue weighted by Crippen LogP contribution is 2.26. The number of likely N-dealkylation sites (tertiary alicyclic amines) is 1. The number of carbonyl (C=O) groups is 1. The average Bonchev–Trinajstić information content (AvgIpc) is 2.58. The first-order chi connectivity index (χ1) is 9.16. The van der Waals surface area contributed by atoms with Gasteiger partial charge >= 0.3 is 0 Å². The molecule has 0 aromatic heterocycles. The number of aliphatic hydroxyl groups is 1. The van der Waals surface area contributed by atoms with E-state index in [1.54, 1.807) is 0 Å². The third kappa shape index (κ3) is 4.57. The number of carbonyl (C=O) groups excluding carboxylic acids is 1. The Labute approximate surface area is 117 Å². The van der Waals surface area contributed by atoms with Gasteiger partial charge in [0.05, 0.1) is 6.10 Å². The highest BCUT2D eigenvalue weighted by molar-refractivity contribution is 5.81. The monoisotopic (exact) mass is 267 g/mol. The zero-order chi connectivity index (χ0) is 13.7. The molecule has 0 aromatic rings. The highest BCUT2D eigenvalue weighted by atomic mass is 16.3. The van der Waals surface area contributed by atoms with Crippen LogP contribution >= 0.6 is 0 Å². The molecule has 2 fully saturated rings. The summed E-state index contributed by atoms with van der Waals surface area (Å²) < 4.78 is 0. The molecule has 0 bridgehead atoms. The second-order valence-corrected chi connectivity index (χ2v) is 6.49. The van der Waals surface area contributed by atoms with Gasteiger partial charge in [-0.3, -0.25) is 9.69 Å². The van der Waals surface area contributed by atoms with Gasteiger partial charge in [-0.15, -0.1) is 0 Å². The first-order valence-electron chi connectivity index (χ1n) is 8.11. The van der Waals surface area contributed by atoms with E-state index < -0.39 is 0 Å². The van der Waals surface area contributed by atoms with E-state index in [0.717, 1.165) is 38.8 Å². The van der Waals surface area contributed by atoms with E-state index in [9.17, 15) is 9.90 Å². The summed E-state index contributed by atoms with van der Waals surface area (Å²) in [4.78, 5) is 14.5. The van der Waals surface area contributed by atoms with Crippen molar-refractivity contribution >= 4 is 5.78 Å². The van der Waals surface area contributed by atoms with Crippen molar-refractivity contribution in [2.75, 3.05) is 13.1 Å². The van der Waals surface area contributed by atoms with Gasteiger partial charge in [-0.1, -0.05) is 19.3 Å². The van der Waals surface area contributed by atoms with E-state index in [2.05, 4.69) is 4.90 Å². The standard InChI is InChI=1S/C16H29NO2/c1-13(18)11-15-8-3-2-6-10-17(15)12-14-7-4-5-9-16(14)19/h13-15,18H,2-12H2,1H3. The first kappa shape index (κ1) is 15.0. The van der Waals surface area contributed by atoms with Gasteiger partial charge in [0.1, 0.15) is 5.78 Å². The molecule has 1 aliphatic heterocycles. The third-order valence-electron chi connectivity index (χ3n) is 4.75. The van der Waals surface area contributed by atoms with Crippen molar-refractivity contribution in [2.45, 2.75) is 76.9 Å². The Balaban J connectivity index is 1.94. The van der Waals surface area contributed by atoms with Crippen LogP contribution in [0.3, 0.4) is 0 Å². The average molecular weight is 267 g/mol. The second kappa shape index (κ2) is 7.39. The minimum absolute atomic E-state index is 0.229. The number of rotatable bonds is 4. The molecule has 1 N–H and O–H groups in total. The molecular weight excluding hydrogens is 238 g/mol. The van der Waals surface area contributed by atoms with Gasteiger partial charge in [-0.2, -0.15) is 0 Å². The van der Waals surface area contributed by atoms with E-state index in [0.29, 0.717) is 11.8 Å². The molecule has 1 aliphatic carbocycles. The fourth-order valence-electron chi connectivity index (χ4n) is 3.67. The lowest BCUT2D eigenvalue weighted by Gasteiger charge is -2.34. The molecule has 110 valence electrons. The quantitative estimate of drug-likeness (QED) is 0.851. The summed E-state index contributed by atoms with van der Waals surface area (Å²) in [5.74, 6) is 0.745. The van der Waals surface area contributed by atoms with Crippen LogP contribution in [0.4, 0.5) is 0 Å². The van der Waals surface area contributed by atoms with Crippen molar-refractivity contribution in [3.63, 3.8) is 0 Å². The minimum atomic E-state index is -0.229. The molecule has 3 atom stereocenters. The molecule has 0 radical (unpaired) electrons. The molecule has 0 aromatic carbocycles. The van der Waals surface area contributed by atoms with Gasteiger partial charge in [0, 0.05) is 24.9 Å². The van der Waals surface area contributed by atoms with Gasteiger partial charge in [-0.05, 0) is 45.6 Å². The fourth-order valence-corrected chi connectivity index (χ4v) is 3.67. The van der Waals surface area contributed by atoms with E-state index in [4.69, 9.17) is 0 Å². The maximum Gasteiger partial charge on any atom is 0.137 e. The van der Waals surface area contributed by atoms with Crippen LogP contribution in [0.15, 0.2) is 0 Å². The number of hydrogen-bond acceptors (Lipinski definition) is 3. The van der Waals surface area contributed by atoms with Crippen LogP contribution in [0.5, 0.6) is 0 Å². The highest BCUT2D eigenvalue weighted by Gasteiger charge is 2.29. The molecule has 0 amide bonds. The molecule has 1 saturated heterocycles.